The van der Waals surface area contributed by atoms with Crippen LogP contribution >= 0.6 is 0 Å². The second-order valence-corrected chi connectivity index (χ2v) is 6.74. The number of ketones is 1. The Morgan fingerprint density at radius 3 is 2.57 bits per heavy atom. The second kappa shape index (κ2) is 9.04. The Morgan fingerprint density at radius 2 is 1.97 bits per heavy atom. The maximum Gasteiger partial charge on any atom is 0.290 e. The number of carbonyl (C=O) groups excluding carboxylic acids is 2. The van der Waals surface area contributed by atoms with E-state index in [9.17, 15) is 14.7 Å². The molecule has 1 aromatic carbocycles. The first-order valence-corrected chi connectivity index (χ1v) is 9.57. The average molecular weight is 415 g/mol. The largest absolute Gasteiger partial charge is 0.503 e. The fourth-order valence-corrected chi connectivity index (χ4v) is 3.47. The average Bonchev–Trinajstić information content (AvgIpc) is 3.28. The first kappa shape index (κ1) is 21.4. The number of hydrogen-bond acceptors (Lipinski definition) is 7. The lowest BCUT2D eigenvalue weighted by atomic mass is 9.94. The Morgan fingerprint density at radius 1 is 1.20 bits per heavy atom. The van der Waals surface area contributed by atoms with E-state index in [4.69, 9.17) is 18.6 Å². The normalized spacial score (nSPS) is 16.3. The van der Waals surface area contributed by atoms with Crippen molar-refractivity contribution in [3.63, 3.8) is 0 Å². The standard InChI is InChI=1S/C22H25NO7/c1-5-29-15-9-7-14(12-17(15)28-4)19-18(20(24)16-8-6-13(2)30-16)21(25)22(26)23(19)10-11-27-3/h6-9,12,19,25H,5,10-11H2,1-4H3. The number of hydrogen-bond donors (Lipinski definition) is 1. The molecule has 0 saturated carbocycles. The molecule has 0 fully saturated rings. The van der Waals surface area contributed by atoms with Crippen LogP contribution in [0.25, 0.3) is 0 Å². The number of ether oxygens (including phenoxy) is 3. The van der Waals surface area contributed by atoms with Crippen LogP contribution in [0, 0.1) is 6.92 Å². The van der Waals surface area contributed by atoms with Gasteiger partial charge in [-0.2, -0.15) is 0 Å². The van der Waals surface area contributed by atoms with E-state index in [1.54, 1.807) is 31.2 Å². The van der Waals surface area contributed by atoms with Gasteiger partial charge in [-0.05, 0) is 43.7 Å². The number of Topliss-reactive ketones (excluding diaryl/α,β-unsaturated/α-hetero) is 1. The van der Waals surface area contributed by atoms with Crippen LogP contribution in [0.15, 0.2) is 46.1 Å². The number of rotatable bonds is 9. The molecule has 0 bridgehead atoms. The zero-order valence-corrected chi connectivity index (χ0v) is 17.4. The smallest absolute Gasteiger partial charge is 0.290 e. The van der Waals surface area contributed by atoms with Crippen molar-refractivity contribution in [1.29, 1.82) is 0 Å². The fraction of sp³-hybridized carbons (Fsp3) is 0.364. The maximum atomic E-state index is 13.2. The zero-order chi connectivity index (χ0) is 21.8. The molecule has 0 saturated heterocycles. The number of aliphatic hydroxyl groups is 1. The van der Waals surface area contributed by atoms with Gasteiger partial charge in [0.05, 0.1) is 31.9 Å². The molecule has 8 heteroatoms. The first-order valence-electron chi connectivity index (χ1n) is 9.57. The molecule has 0 spiro atoms. The number of methoxy groups -OCH3 is 2. The van der Waals surface area contributed by atoms with Gasteiger partial charge in [-0.3, -0.25) is 9.59 Å². The zero-order valence-electron chi connectivity index (χ0n) is 17.4. The van der Waals surface area contributed by atoms with Gasteiger partial charge in [0.2, 0.25) is 5.78 Å². The van der Waals surface area contributed by atoms with Gasteiger partial charge in [0, 0.05) is 13.7 Å². The molecule has 0 aliphatic carbocycles. The highest BCUT2D eigenvalue weighted by atomic mass is 16.5. The molecule has 1 unspecified atom stereocenters. The lowest BCUT2D eigenvalue weighted by Gasteiger charge is -2.27. The summed E-state index contributed by atoms with van der Waals surface area (Å²) in [6, 6.07) is 7.50. The Hall–Kier alpha value is -3.26. The molecule has 1 atom stereocenters. The molecule has 1 aliphatic heterocycles. The molecule has 2 heterocycles. The highest BCUT2D eigenvalue weighted by molar-refractivity contribution is 6.15. The van der Waals surface area contributed by atoms with E-state index in [0.717, 1.165) is 0 Å². The molecule has 1 aromatic heterocycles. The maximum absolute atomic E-state index is 13.2. The fourth-order valence-electron chi connectivity index (χ4n) is 3.47. The van der Waals surface area contributed by atoms with E-state index in [1.165, 1.54) is 25.2 Å². The monoisotopic (exact) mass is 415 g/mol. The Labute approximate surface area is 174 Å². The summed E-state index contributed by atoms with van der Waals surface area (Å²) < 4.78 is 21.5. The molecule has 8 nitrogen and oxygen atoms in total. The topological polar surface area (TPSA) is 98.4 Å². The number of benzene rings is 1. The van der Waals surface area contributed by atoms with E-state index in [2.05, 4.69) is 0 Å². The van der Waals surface area contributed by atoms with Crippen LogP contribution in [0.2, 0.25) is 0 Å². The molecule has 30 heavy (non-hydrogen) atoms. The first-order chi connectivity index (χ1) is 14.4. The lowest BCUT2D eigenvalue weighted by molar-refractivity contribution is -0.130. The number of furan rings is 1. The van der Waals surface area contributed by atoms with Gasteiger partial charge >= 0.3 is 0 Å². The number of nitrogens with zero attached hydrogens (tertiary/aromatic N) is 1. The summed E-state index contributed by atoms with van der Waals surface area (Å²) in [7, 11) is 3.02. The van der Waals surface area contributed by atoms with Crippen molar-refractivity contribution in [1.82, 2.24) is 4.90 Å². The van der Waals surface area contributed by atoms with Gasteiger partial charge in [0.25, 0.3) is 5.91 Å². The third-order valence-corrected chi connectivity index (χ3v) is 4.85. The van der Waals surface area contributed by atoms with Crippen molar-refractivity contribution >= 4 is 11.7 Å². The van der Waals surface area contributed by atoms with E-state index >= 15 is 0 Å². The molecule has 2 aromatic rings. The van der Waals surface area contributed by atoms with Crippen molar-refractivity contribution in [2.75, 3.05) is 34.0 Å². The van der Waals surface area contributed by atoms with E-state index in [0.29, 0.717) is 29.4 Å². The Balaban J connectivity index is 2.10. The highest BCUT2D eigenvalue weighted by Gasteiger charge is 2.44. The minimum Gasteiger partial charge on any atom is -0.503 e. The quantitative estimate of drug-likeness (QED) is 0.628. The summed E-state index contributed by atoms with van der Waals surface area (Å²) in [6.45, 7) is 4.46. The van der Waals surface area contributed by atoms with E-state index in [1.807, 2.05) is 6.92 Å². The van der Waals surface area contributed by atoms with Crippen molar-refractivity contribution in [3.05, 3.63) is 58.7 Å². The second-order valence-electron chi connectivity index (χ2n) is 6.74. The predicted molar refractivity (Wildman–Crippen MR) is 108 cm³/mol. The van der Waals surface area contributed by atoms with Crippen molar-refractivity contribution in [2.45, 2.75) is 19.9 Å². The summed E-state index contributed by atoms with van der Waals surface area (Å²) in [6.07, 6.45) is 0. The van der Waals surface area contributed by atoms with Gasteiger partial charge in [-0.1, -0.05) is 6.07 Å². The third-order valence-electron chi connectivity index (χ3n) is 4.85. The van der Waals surface area contributed by atoms with Crippen molar-refractivity contribution < 1.29 is 33.3 Å². The van der Waals surface area contributed by atoms with Gasteiger partial charge in [0.15, 0.2) is 23.0 Å². The number of aryl methyl sites for hydroxylation is 1. The molecule has 160 valence electrons. The molecule has 1 aliphatic rings. The predicted octanol–water partition coefficient (Wildman–Crippen LogP) is 3.22. The SMILES string of the molecule is CCOc1ccc(C2C(C(=O)c3ccc(C)o3)=C(O)C(=O)N2CCOC)cc1OC. The van der Waals surface area contributed by atoms with Gasteiger partial charge < -0.3 is 28.6 Å². The van der Waals surface area contributed by atoms with Crippen LogP contribution in [0.4, 0.5) is 0 Å². The minimum atomic E-state index is -0.824. The molecular formula is C22H25NO7. The molecule has 1 amide bonds. The van der Waals surface area contributed by atoms with Crippen LogP contribution in [0.3, 0.4) is 0 Å². The highest BCUT2D eigenvalue weighted by Crippen LogP contribution is 2.41. The molecule has 1 N–H and O–H groups in total. The van der Waals surface area contributed by atoms with Gasteiger partial charge in [-0.25, -0.2) is 0 Å². The summed E-state index contributed by atoms with van der Waals surface area (Å²) in [5, 5.41) is 10.6. The van der Waals surface area contributed by atoms with E-state index < -0.39 is 23.5 Å². The number of aliphatic hydroxyl groups excluding tert-OH is 1. The molecule has 3 rings (SSSR count). The summed E-state index contributed by atoms with van der Waals surface area (Å²) in [5.74, 6) is -0.178. The minimum absolute atomic E-state index is 0.0448. The Kier molecular flexibility index (Phi) is 6.47. The van der Waals surface area contributed by atoms with Crippen LogP contribution in [-0.4, -0.2) is 55.7 Å². The van der Waals surface area contributed by atoms with Crippen LogP contribution < -0.4 is 9.47 Å². The van der Waals surface area contributed by atoms with Crippen LogP contribution in [-0.2, 0) is 9.53 Å². The molecular weight excluding hydrogens is 390 g/mol. The lowest BCUT2D eigenvalue weighted by Crippen LogP contribution is -2.34. The van der Waals surface area contributed by atoms with Crippen molar-refractivity contribution in [3.8, 4) is 11.5 Å². The number of amides is 1. The van der Waals surface area contributed by atoms with Gasteiger partial charge in [0.1, 0.15) is 5.76 Å². The van der Waals surface area contributed by atoms with Crippen LogP contribution in [0.1, 0.15) is 34.8 Å². The van der Waals surface area contributed by atoms with E-state index in [-0.39, 0.29) is 24.5 Å². The molecule has 0 radical (unpaired) electrons. The summed E-state index contributed by atoms with van der Waals surface area (Å²) in [5.41, 5.74) is 0.548. The van der Waals surface area contributed by atoms with Crippen LogP contribution in [0.5, 0.6) is 11.5 Å². The number of carbonyl (C=O) groups is 2. The van der Waals surface area contributed by atoms with Gasteiger partial charge in [-0.15, -0.1) is 0 Å². The van der Waals surface area contributed by atoms with Crippen molar-refractivity contribution in [2.24, 2.45) is 0 Å². The summed E-state index contributed by atoms with van der Waals surface area (Å²) >= 11 is 0. The third kappa shape index (κ3) is 3.91. The Bertz CT molecular complexity index is 976. The summed E-state index contributed by atoms with van der Waals surface area (Å²) in [4.78, 5) is 27.4.